The summed E-state index contributed by atoms with van der Waals surface area (Å²) >= 11 is 0. The lowest BCUT2D eigenvalue weighted by Gasteiger charge is -2.19. The molecule has 2 fully saturated rings. The molecule has 1 saturated heterocycles. The first-order chi connectivity index (χ1) is 7.10. The van der Waals surface area contributed by atoms with Crippen LogP contribution in [0, 0.1) is 23.7 Å². The number of nitrogens with zero attached hydrogens (tertiary/aromatic N) is 1. The maximum Gasteiger partial charge on any atom is 0.318 e. The molecule has 1 heterocycles. The van der Waals surface area contributed by atoms with Crippen molar-refractivity contribution in [3.05, 3.63) is 0 Å². The van der Waals surface area contributed by atoms with Gasteiger partial charge in [-0.15, -0.1) is 6.42 Å². The molecule has 1 aliphatic carbocycles. The summed E-state index contributed by atoms with van der Waals surface area (Å²) in [6, 6.07) is -0.263. The minimum atomic E-state index is -0.792. The Balaban J connectivity index is 1.92. The molecule has 2 rings (SSSR count). The molecular formula is C10H12N2O3. The van der Waals surface area contributed by atoms with Crippen molar-refractivity contribution < 1.29 is 14.7 Å². The van der Waals surface area contributed by atoms with Crippen molar-refractivity contribution in [1.29, 1.82) is 0 Å². The number of aliphatic carboxylic acids is 1. The number of carbonyl (C=O) groups is 2. The number of carboxylic acid groups (broad SMARTS) is 1. The molecule has 0 aromatic rings. The molecule has 0 radical (unpaired) electrons. The smallest absolute Gasteiger partial charge is 0.318 e. The van der Waals surface area contributed by atoms with Gasteiger partial charge in [-0.05, 0) is 12.3 Å². The molecule has 0 bridgehead atoms. The number of hydrogen-bond acceptors (Lipinski definition) is 2. The van der Waals surface area contributed by atoms with Crippen LogP contribution in [0.3, 0.4) is 0 Å². The lowest BCUT2D eigenvalue weighted by atomic mass is 10.1. The molecule has 1 saturated carbocycles. The SMILES string of the molecule is C#CCNC(=O)N1CC2CC2(C(=O)O)C1. The van der Waals surface area contributed by atoms with Gasteiger partial charge < -0.3 is 15.3 Å². The number of likely N-dealkylation sites (tertiary alicyclic amines) is 1. The zero-order chi connectivity index (χ0) is 11.1. The summed E-state index contributed by atoms with van der Waals surface area (Å²) in [5.41, 5.74) is -0.659. The highest BCUT2D eigenvalue weighted by Crippen LogP contribution is 2.57. The Bertz CT molecular complexity index is 360. The van der Waals surface area contributed by atoms with Crippen molar-refractivity contribution in [2.45, 2.75) is 6.42 Å². The van der Waals surface area contributed by atoms with Crippen LogP contribution in [0.15, 0.2) is 0 Å². The van der Waals surface area contributed by atoms with E-state index < -0.39 is 11.4 Å². The quantitative estimate of drug-likeness (QED) is 0.614. The number of urea groups is 1. The Hall–Kier alpha value is -1.70. The van der Waals surface area contributed by atoms with Gasteiger partial charge in [0.2, 0.25) is 0 Å². The third-order valence-electron chi connectivity index (χ3n) is 3.20. The Morgan fingerprint density at radius 1 is 1.67 bits per heavy atom. The van der Waals surface area contributed by atoms with E-state index in [2.05, 4.69) is 11.2 Å². The third kappa shape index (κ3) is 1.42. The van der Waals surface area contributed by atoms with Crippen LogP contribution in [0.1, 0.15) is 6.42 Å². The number of rotatable bonds is 2. The van der Waals surface area contributed by atoms with E-state index in [4.69, 9.17) is 11.5 Å². The summed E-state index contributed by atoms with van der Waals surface area (Å²) in [5.74, 6) is 1.64. The van der Waals surface area contributed by atoms with Crippen molar-refractivity contribution in [1.82, 2.24) is 10.2 Å². The molecule has 0 aromatic carbocycles. The van der Waals surface area contributed by atoms with E-state index in [0.717, 1.165) is 0 Å². The second-order valence-corrected chi connectivity index (χ2v) is 4.11. The standard InChI is InChI=1S/C10H12N2O3/c1-2-3-11-9(15)12-5-7-4-10(7,6-12)8(13)14/h1,7H,3-6H2,(H,11,15)(H,13,14). The van der Waals surface area contributed by atoms with Crippen LogP contribution >= 0.6 is 0 Å². The van der Waals surface area contributed by atoms with Crippen LogP contribution in [0.2, 0.25) is 0 Å². The molecule has 1 aliphatic heterocycles. The first-order valence-corrected chi connectivity index (χ1v) is 4.80. The van der Waals surface area contributed by atoms with Crippen molar-refractivity contribution in [2.24, 2.45) is 11.3 Å². The largest absolute Gasteiger partial charge is 0.481 e. The molecule has 2 aliphatic rings. The van der Waals surface area contributed by atoms with Gasteiger partial charge in [0.15, 0.2) is 0 Å². The molecule has 5 heteroatoms. The normalized spacial score (nSPS) is 31.7. The number of amides is 2. The van der Waals surface area contributed by atoms with Gasteiger partial charge in [0.1, 0.15) is 0 Å². The van der Waals surface area contributed by atoms with Crippen molar-refractivity contribution in [3.8, 4) is 12.3 Å². The molecule has 2 amide bonds. The molecule has 2 N–H and O–H groups in total. The Labute approximate surface area is 87.4 Å². The van der Waals surface area contributed by atoms with Crippen molar-refractivity contribution in [2.75, 3.05) is 19.6 Å². The number of nitrogens with one attached hydrogen (secondary N) is 1. The van der Waals surface area contributed by atoms with Gasteiger partial charge in [-0.25, -0.2) is 4.79 Å². The Morgan fingerprint density at radius 3 is 2.93 bits per heavy atom. The highest BCUT2D eigenvalue weighted by molar-refractivity contribution is 5.83. The molecule has 15 heavy (non-hydrogen) atoms. The van der Waals surface area contributed by atoms with E-state index in [1.54, 1.807) is 0 Å². The van der Waals surface area contributed by atoms with Gasteiger partial charge in [-0.2, -0.15) is 0 Å². The summed E-state index contributed by atoms with van der Waals surface area (Å²) in [6.07, 6.45) is 5.70. The van der Waals surface area contributed by atoms with E-state index in [9.17, 15) is 9.59 Å². The highest BCUT2D eigenvalue weighted by Gasteiger charge is 2.66. The van der Waals surface area contributed by atoms with Gasteiger partial charge in [0.25, 0.3) is 0 Å². The zero-order valence-corrected chi connectivity index (χ0v) is 8.19. The molecule has 2 unspecified atom stereocenters. The summed E-state index contributed by atoms with van der Waals surface area (Å²) < 4.78 is 0. The monoisotopic (exact) mass is 208 g/mol. The lowest BCUT2D eigenvalue weighted by molar-refractivity contribution is -0.143. The fourth-order valence-electron chi connectivity index (χ4n) is 2.21. The molecule has 80 valence electrons. The average molecular weight is 208 g/mol. The van der Waals surface area contributed by atoms with Crippen molar-refractivity contribution in [3.63, 3.8) is 0 Å². The fourth-order valence-corrected chi connectivity index (χ4v) is 2.21. The van der Waals surface area contributed by atoms with Crippen LogP contribution < -0.4 is 5.32 Å². The molecular weight excluding hydrogens is 196 g/mol. The first kappa shape index (κ1) is 9.84. The van der Waals surface area contributed by atoms with E-state index in [-0.39, 0.29) is 18.5 Å². The van der Waals surface area contributed by atoms with Crippen LogP contribution in [0.25, 0.3) is 0 Å². The molecule has 2 atom stereocenters. The van der Waals surface area contributed by atoms with E-state index in [0.29, 0.717) is 19.5 Å². The van der Waals surface area contributed by atoms with E-state index in [1.807, 2.05) is 0 Å². The Kier molecular flexibility index (Phi) is 2.07. The lowest BCUT2D eigenvalue weighted by Crippen LogP contribution is -2.41. The zero-order valence-electron chi connectivity index (χ0n) is 8.19. The predicted molar refractivity (Wildman–Crippen MR) is 52.0 cm³/mol. The maximum absolute atomic E-state index is 11.5. The summed E-state index contributed by atoms with van der Waals surface area (Å²) in [5, 5.41) is 11.5. The van der Waals surface area contributed by atoms with E-state index in [1.165, 1.54) is 4.90 Å². The van der Waals surface area contributed by atoms with Crippen molar-refractivity contribution >= 4 is 12.0 Å². The number of piperidine rings is 1. The van der Waals surface area contributed by atoms with Gasteiger partial charge in [-0.1, -0.05) is 5.92 Å². The van der Waals surface area contributed by atoms with Gasteiger partial charge in [0.05, 0.1) is 12.0 Å². The summed E-state index contributed by atoms with van der Waals surface area (Å²) in [4.78, 5) is 23.9. The molecule has 0 aromatic heterocycles. The number of carbonyl (C=O) groups excluding carboxylic acids is 1. The summed E-state index contributed by atoms with van der Waals surface area (Å²) in [7, 11) is 0. The van der Waals surface area contributed by atoms with E-state index >= 15 is 0 Å². The van der Waals surface area contributed by atoms with Gasteiger partial charge >= 0.3 is 12.0 Å². The van der Waals surface area contributed by atoms with Gasteiger partial charge in [-0.3, -0.25) is 4.79 Å². The van der Waals surface area contributed by atoms with Crippen LogP contribution in [-0.4, -0.2) is 41.6 Å². The fraction of sp³-hybridized carbons (Fsp3) is 0.600. The third-order valence-corrected chi connectivity index (χ3v) is 3.20. The minimum absolute atomic E-state index is 0.131. The van der Waals surface area contributed by atoms with Crippen LogP contribution in [0.4, 0.5) is 4.79 Å². The maximum atomic E-state index is 11.5. The highest BCUT2D eigenvalue weighted by atomic mass is 16.4. The topological polar surface area (TPSA) is 69.6 Å². The van der Waals surface area contributed by atoms with Crippen LogP contribution in [0.5, 0.6) is 0 Å². The molecule has 0 spiro atoms. The number of fused-ring (bicyclic) bond motifs is 1. The second kappa shape index (κ2) is 3.16. The number of carboxylic acids is 1. The number of hydrogen-bond donors (Lipinski definition) is 2. The predicted octanol–water partition coefficient (Wildman–Crippen LogP) is -0.264. The minimum Gasteiger partial charge on any atom is -0.481 e. The number of terminal acetylenes is 1. The summed E-state index contributed by atoms with van der Waals surface area (Å²) in [6.45, 7) is 1.02. The average Bonchev–Trinajstić information content (AvgIpc) is 2.79. The second-order valence-electron chi connectivity index (χ2n) is 4.11. The molecule has 5 nitrogen and oxygen atoms in total. The van der Waals surface area contributed by atoms with Crippen LogP contribution in [-0.2, 0) is 4.79 Å². The Morgan fingerprint density at radius 2 is 2.40 bits per heavy atom. The first-order valence-electron chi connectivity index (χ1n) is 4.80. The van der Waals surface area contributed by atoms with Gasteiger partial charge in [0, 0.05) is 13.1 Å².